The summed E-state index contributed by atoms with van der Waals surface area (Å²) in [7, 11) is 0. The summed E-state index contributed by atoms with van der Waals surface area (Å²) >= 11 is 0.0584. The van der Waals surface area contributed by atoms with Gasteiger partial charge in [0.1, 0.15) is 0 Å². The molecule has 48 heavy (non-hydrogen) atoms. The first-order valence-corrected chi connectivity index (χ1v) is 18.7. The minimum Gasteiger partial charge on any atom is 2.00 e. The molecule has 0 spiro atoms. The van der Waals surface area contributed by atoms with Gasteiger partial charge in [0.15, 0.2) is 0 Å². The molecule has 0 saturated carbocycles. The van der Waals surface area contributed by atoms with E-state index in [0.717, 1.165) is 33.3 Å². The topological polar surface area (TPSA) is 35.0 Å². The number of ether oxygens (including phenoxy) is 1. The van der Waals surface area contributed by atoms with E-state index in [9.17, 15) is 0 Å². The van der Waals surface area contributed by atoms with Gasteiger partial charge in [-0.15, -0.1) is 0 Å². The Bertz CT molecular complexity index is 2770. The predicted molar refractivity (Wildman–Crippen MR) is 196 cm³/mol. The van der Waals surface area contributed by atoms with E-state index in [1.807, 2.05) is 48.5 Å². The van der Waals surface area contributed by atoms with Gasteiger partial charge in [-0.1, -0.05) is 0 Å². The number of pyridine rings is 2. The van der Waals surface area contributed by atoms with E-state index in [0.29, 0.717) is 11.5 Å². The molecule has 0 aliphatic heterocycles. The van der Waals surface area contributed by atoms with E-state index in [1.165, 1.54) is 49.4 Å². The summed E-state index contributed by atoms with van der Waals surface area (Å²) in [5.74, 6) is 1.08. The number of fused-ring (bicyclic) bond motifs is 10. The normalized spacial score (nSPS) is 12.2. The summed E-state index contributed by atoms with van der Waals surface area (Å²) in [5.41, 5.74) is 3.17. The average molecular weight is 926 g/mol. The summed E-state index contributed by atoms with van der Waals surface area (Å²) in [6, 6.07) is 48.0. The van der Waals surface area contributed by atoms with Crippen LogP contribution in [0.4, 0.5) is 0 Å². The van der Waals surface area contributed by atoms with Crippen molar-refractivity contribution in [3.05, 3.63) is 146 Å². The zero-order chi connectivity index (χ0) is 32.6. The largest absolute Gasteiger partial charge is 2.00 e. The van der Waals surface area contributed by atoms with Crippen molar-refractivity contribution in [1.82, 2.24) is 9.97 Å². The second kappa shape index (κ2) is 12.0. The molecule has 0 aliphatic rings. The molecule has 10 rings (SSSR count). The van der Waals surface area contributed by atoms with Gasteiger partial charge < -0.3 is 0 Å². The van der Waals surface area contributed by atoms with Crippen LogP contribution in [-0.2, 0) is 21.1 Å². The van der Waals surface area contributed by atoms with Gasteiger partial charge in [0.25, 0.3) is 0 Å². The molecule has 0 saturated heterocycles. The molecule has 0 fully saturated rings. The molecule has 0 radical (unpaired) electrons. The molecule has 0 aliphatic carbocycles. The van der Waals surface area contributed by atoms with E-state index in [4.69, 9.17) is 17.4 Å². The predicted octanol–water partition coefficient (Wildman–Crippen LogP) is 10.2. The maximum atomic E-state index is 8.57. The number of aromatic nitrogens is 2. The first kappa shape index (κ1) is 27.6. The van der Waals surface area contributed by atoms with Gasteiger partial charge in [-0.05, 0) is 0 Å². The van der Waals surface area contributed by atoms with Gasteiger partial charge in [-0.25, -0.2) is 0 Å². The third-order valence-corrected chi connectivity index (χ3v) is 14.0. The number of hydrogen-bond donors (Lipinski definition) is 0. The first-order valence-electron chi connectivity index (χ1n) is 16.2. The molecule has 4 heterocycles. The van der Waals surface area contributed by atoms with Crippen molar-refractivity contribution in [2.24, 2.45) is 0 Å². The first-order chi connectivity index (χ1) is 24.1. The standard InChI is InChI=1S/C42H22N2OSe2.Pt/c1-3-13-31-25(7-1)15-17-33-35-19-21-43-37(41(35)46-39(31)33)27-9-5-11-29(23-27)45-30-12-6-10-28(24-30)38-42-36(20-22-44-38)34-18-16-26-8-2-4-14-32(26)40(34)47-42;/h1-22H;/q-2;+2/i21D,22D;. The Hall–Kier alpha value is -4.33. The molecular formula is C42H22N2OPtSe2. The Morgan fingerprint density at radius 3 is 1.42 bits per heavy atom. The molecule has 228 valence electrons. The van der Waals surface area contributed by atoms with Gasteiger partial charge >= 0.3 is 307 Å². The van der Waals surface area contributed by atoms with Crippen LogP contribution in [-0.4, -0.2) is 39.0 Å². The number of nitrogens with zero attached hydrogens (tertiary/aromatic N) is 2. The fourth-order valence-electron chi connectivity index (χ4n) is 6.53. The fourth-order valence-corrected chi connectivity index (χ4v) is 12.1. The van der Waals surface area contributed by atoms with E-state index in [1.54, 1.807) is 0 Å². The SMILES string of the molecule is [2H]c1cc2c([se]c3c4ccccc4ccc23)c(-c2[c-]c(Oc3[c-]c(-c4nc([2H])cc5c4[se]c4c6ccccc6ccc54)ccc3)ccc2)n1.[Pt+2]. The molecule has 0 bridgehead atoms. The van der Waals surface area contributed by atoms with Gasteiger partial charge in [-0.3, -0.25) is 0 Å². The zero-order valence-electron chi connectivity index (χ0n) is 27.0. The van der Waals surface area contributed by atoms with Crippen molar-refractivity contribution in [2.45, 2.75) is 0 Å². The van der Waals surface area contributed by atoms with Crippen LogP contribution in [0, 0.1) is 12.1 Å². The van der Waals surface area contributed by atoms with Crippen LogP contribution in [0.25, 0.3) is 82.6 Å². The Balaban J connectivity index is 0.00000336. The molecule has 0 amide bonds. The van der Waals surface area contributed by atoms with E-state index in [-0.39, 0.29) is 62.4 Å². The Morgan fingerprint density at radius 2 is 0.917 bits per heavy atom. The van der Waals surface area contributed by atoms with Crippen LogP contribution < -0.4 is 4.74 Å². The second-order valence-corrected chi connectivity index (χ2v) is 15.7. The third kappa shape index (κ3) is 4.81. The molecule has 6 aromatic carbocycles. The summed E-state index contributed by atoms with van der Waals surface area (Å²) in [4.78, 5) is 9.44. The molecule has 0 atom stereocenters. The van der Waals surface area contributed by atoms with Crippen molar-refractivity contribution in [3.63, 3.8) is 0 Å². The minimum absolute atomic E-state index is 0. The summed E-state index contributed by atoms with van der Waals surface area (Å²) in [6.07, 6.45) is 0.472. The average Bonchev–Trinajstić information content (AvgIpc) is 3.70. The number of hydrogen-bond acceptors (Lipinski definition) is 3. The molecule has 0 N–H and O–H groups in total. The molecule has 10 aromatic rings. The smallest absolute Gasteiger partial charge is 2.00 e. The fraction of sp³-hybridized carbons (Fsp3) is 0. The Kier molecular flexibility index (Phi) is 6.88. The van der Waals surface area contributed by atoms with Crippen molar-refractivity contribution in [3.8, 4) is 34.0 Å². The summed E-state index contributed by atoms with van der Waals surface area (Å²) < 4.78 is 28.5. The van der Waals surface area contributed by atoms with E-state index >= 15 is 0 Å². The van der Waals surface area contributed by atoms with Crippen LogP contribution in [0.3, 0.4) is 0 Å². The molecule has 0 unspecified atom stereocenters. The molecule has 6 heteroatoms. The Labute approximate surface area is 305 Å². The van der Waals surface area contributed by atoms with Crippen molar-refractivity contribution < 1.29 is 28.5 Å². The van der Waals surface area contributed by atoms with Crippen LogP contribution in [0.1, 0.15) is 2.74 Å². The summed E-state index contributed by atoms with van der Waals surface area (Å²) in [5, 5.41) is 9.55. The van der Waals surface area contributed by atoms with Gasteiger partial charge in [0.05, 0.1) is 0 Å². The van der Waals surface area contributed by atoms with Crippen LogP contribution in [0.15, 0.2) is 134 Å². The zero-order valence-corrected chi connectivity index (χ0v) is 30.7. The summed E-state index contributed by atoms with van der Waals surface area (Å²) in [6.45, 7) is 0. The Morgan fingerprint density at radius 1 is 0.458 bits per heavy atom. The van der Waals surface area contributed by atoms with Gasteiger partial charge in [0, 0.05) is 0 Å². The van der Waals surface area contributed by atoms with E-state index in [2.05, 4.69) is 84.9 Å². The van der Waals surface area contributed by atoms with Crippen LogP contribution >= 0.6 is 0 Å². The van der Waals surface area contributed by atoms with Crippen molar-refractivity contribution >= 4 is 89.1 Å². The second-order valence-electron chi connectivity index (χ2n) is 11.4. The van der Waals surface area contributed by atoms with E-state index < -0.39 is 0 Å². The minimum atomic E-state index is 0. The maximum absolute atomic E-state index is 8.57. The van der Waals surface area contributed by atoms with Gasteiger partial charge in [0.2, 0.25) is 0 Å². The quantitative estimate of drug-likeness (QED) is 0.130. The third-order valence-electron chi connectivity index (χ3n) is 8.70. The number of benzene rings is 6. The van der Waals surface area contributed by atoms with Gasteiger partial charge in [-0.2, -0.15) is 0 Å². The van der Waals surface area contributed by atoms with Crippen molar-refractivity contribution in [2.75, 3.05) is 0 Å². The van der Waals surface area contributed by atoms with Crippen molar-refractivity contribution in [1.29, 1.82) is 0 Å². The molecule has 3 nitrogen and oxygen atoms in total. The maximum Gasteiger partial charge on any atom is 2.00 e. The molecular weight excluding hydrogens is 901 g/mol. The molecule has 4 aromatic heterocycles. The number of rotatable bonds is 4. The monoisotopic (exact) mass is 927 g/mol. The van der Waals surface area contributed by atoms with Crippen LogP contribution in [0.5, 0.6) is 11.5 Å². The van der Waals surface area contributed by atoms with Crippen LogP contribution in [0.2, 0.25) is 0 Å².